The van der Waals surface area contributed by atoms with Crippen molar-refractivity contribution in [3.8, 4) is 11.4 Å². The van der Waals surface area contributed by atoms with Crippen molar-refractivity contribution in [3.63, 3.8) is 0 Å². The molecule has 0 amide bonds. The van der Waals surface area contributed by atoms with Crippen LogP contribution in [-0.4, -0.2) is 31.5 Å². The molecule has 6 nitrogen and oxygen atoms in total. The minimum absolute atomic E-state index is 0.623. The number of anilines is 1. The first kappa shape index (κ1) is 12.0. The van der Waals surface area contributed by atoms with Crippen molar-refractivity contribution in [2.75, 3.05) is 11.9 Å². The van der Waals surface area contributed by atoms with Gasteiger partial charge in [-0.1, -0.05) is 12.1 Å². The predicted molar refractivity (Wildman–Crippen MR) is 68.5 cm³/mol. The van der Waals surface area contributed by atoms with Gasteiger partial charge in [-0.2, -0.15) is 0 Å². The van der Waals surface area contributed by atoms with Crippen LogP contribution in [-0.2, 0) is 7.05 Å². The summed E-state index contributed by atoms with van der Waals surface area (Å²) in [5, 5.41) is 11.0. The van der Waals surface area contributed by atoms with Gasteiger partial charge in [0.1, 0.15) is 5.69 Å². The lowest BCUT2D eigenvalue weighted by molar-refractivity contribution is 0.718. The summed E-state index contributed by atoms with van der Waals surface area (Å²) in [6, 6.07) is 1.83. The normalized spacial score (nSPS) is 10.5. The van der Waals surface area contributed by atoms with E-state index in [1.165, 1.54) is 0 Å². The number of aryl methyl sites for hydroxylation is 1. The molecule has 2 heterocycles. The number of halogens is 1. The standard InChI is InChI=1S/C10H13BrN6/c1-3-5-12-10-13-6-4-7(14-10)8-9(11)15-16-17(8)2/h4,6H,3,5H2,1-2H3,(H,12,13,14). The highest BCUT2D eigenvalue weighted by Gasteiger charge is 2.12. The van der Waals surface area contributed by atoms with Crippen LogP contribution < -0.4 is 5.32 Å². The van der Waals surface area contributed by atoms with Crippen molar-refractivity contribution in [3.05, 3.63) is 16.9 Å². The molecule has 0 unspecified atom stereocenters. The fourth-order valence-electron chi connectivity index (χ4n) is 1.42. The fourth-order valence-corrected chi connectivity index (χ4v) is 1.95. The third-order valence-corrected chi connectivity index (χ3v) is 2.75. The maximum absolute atomic E-state index is 4.42. The number of hydrogen-bond acceptors (Lipinski definition) is 5. The lowest BCUT2D eigenvalue weighted by Crippen LogP contribution is -2.05. The molecule has 17 heavy (non-hydrogen) atoms. The van der Waals surface area contributed by atoms with Gasteiger partial charge in [-0.3, -0.25) is 0 Å². The topological polar surface area (TPSA) is 68.5 Å². The second kappa shape index (κ2) is 5.22. The molecule has 1 N–H and O–H groups in total. The van der Waals surface area contributed by atoms with Crippen molar-refractivity contribution < 1.29 is 0 Å². The van der Waals surface area contributed by atoms with Gasteiger partial charge >= 0.3 is 0 Å². The Bertz CT molecular complexity index is 490. The number of rotatable bonds is 4. The van der Waals surface area contributed by atoms with Crippen LogP contribution in [0.2, 0.25) is 0 Å². The summed E-state index contributed by atoms with van der Waals surface area (Å²) < 4.78 is 2.36. The Hall–Kier alpha value is -1.50. The highest BCUT2D eigenvalue weighted by atomic mass is 79.9. The van der Waals surface area contributed by atoms with Crippen molar-refractivity contribution in [2.24, 2.45) is 7.05 Å². The SMILES string of the molecule is CCCNc1nccc(-c2c(Br)nnn2C)n1. The van der Waals surface area contributed by atoms with E-state index in [1.807, 2.05) is 13.1 Å². The van der Waals surface area contributed by atoms with Gasteiger partial charge in [0.05, 0.1) is 5.69 Å². The third kappa shape index (κ3) is 2.60. The number of hydrogen-bond donors (Lipinski definition) is 1. The van der Waals surface area contributed by atoms with E-state index in [-0.39, 0.29) is 0 Å². The minimum Gasteiger partial charge on any atom is -0.354 e. The van der Waals surface area contributed by atoms with E-state index in [9.17, 15) is 0 Å². The van der Waals surface area contributed by atoms with E-state index in [0.29, 0.717) is 10.6 Å². The zero-order valence-corrected chi connectivity index (χ0v) is 11.3. The second-order valence-electron chi connectivity index (χ2n) is 3.54. The Morgan fingerprint density at radius 3 is 2.94 bits per heavy atom. The molecule has 0 aliphatic rings. The van der Waals surface area contributed by atoms with Crippen LogP contribution in [0.5, 0.6) is 0 Å². The van der Waals surface area contributed by atoms with E-state index < -0.39 is 0 Å². The number of nitrogens with one attached hydrogen (secondary N) is 1. The van der Waals surface area contributed by atoms with Gasteiger partial charge in [0, 0.05) is 19.8 Å². The molecule has 0 atom stereocenters. The zero-order valence-electron chi connectivity index (χ0n) is 9.68. The van der Waals surface area contributed by atoms with E-state index in [4.69, 9.17) is 0 Å². The van der Waals surface area contributed by atoms with E-state index in [1.54, 1.807) is 10.9 Å². The molecule has 7 heteroatoms. The minimum atomic E-state index is 0.623. The van der Waals surface area contributed by atoms with Crippen LogP contribution in [0.25, 0.3) is 11.4 Å². The first-order valence-electron chi connectivity index (χ1n) is 5.35. The summed E-state index contributed by atoms with van der Waals surface area (Å²) in [5.41, 5.74) is 1.63. The fraction of sp³-hybridized carbons (Fsp3) is 0.400. The van der Waals surface area contributed by atoms with Gasteiger partial charge in [-0.15, -0.1) is 5.10 Å². The molecule has 0 aromatic carbocycles. The van der Waals surface area contributed by atoms with Gasteiger partial charge in [-0.25, -0.2) is 14.6 Å². The predicted octanol–water partition coefficient (Wildman–Crippen LogP) is 1.86. The summed E-state index contributed by atoms with van der Waals surface area (Å²) in [4.78, 5) is 8.58. The molecule has 0 saturated carbocycles. The molecule has 0 fully saturated rings. The molecule has 0 spiro atoms. The molecule has 0 saturated heterocycles. The Morgan fingerprint density at radius 2 is 2.29 bits per heavy atom. The van der Waals surface area contributed by atoms with Crippen molar-refractivity contribution in [2.45, 2.75) is 13.3 Å². The largest absolute Gasteiger partial charge is 0.354 e. The van der Waals surface area contributed by atoms with Crippen LogP contribution in [0.1, 0.15) is 13.3 Å². The van der Waals surface area contributed by atoms with Crippen LogP contribution in [0.3, 0.4) is 0 Å². The van der Waals surface area contributed by atoms with Crippen LogP contribution >= 0.6 is 15.9 Å². The van der Waals surface area contributed by atoms with Crippen LogP contribution in [0.4, 0.5) is 5.95 Å². The summed E-state index contributed by atoms with van der Waals surface area (Å²) in [5.74, 6) is 0.623. The van der Waals surface area contributed by atoms with Crippen LogP contribution in [0.15, 0.2) is 16.9 Å². The summed E-state index contributed by atoms with van der Waals surface area (Å²) in [6.45, 7) is 2.95. The summed E-state index contributed by atoms with van der Waals surface area (Å²) >= 11 is 3.36. The smallest absolute Gasteiger partial charge is 0.223 e. The van der Waals surface area contributed by atoms with E-state index >= 15 is 0 Å². The molecule has 2 aromatic heterocycles. The maximum Gasteiger partial charge on any atom is 0.223 e. The maximum atomic E-state index is 4.42. The zero-order chi connectivity index (χ0) is 12.3. The van der Waals surface area contributed by atoms with Crippen LogP contribution in [0, 0.1) is 0 Å². The first-order chi connectivity index (χ1) is 8.22. The molecule has 0 radical (unpaired) electrons. The molecular weight excluding hydrogens is 284 g/mol. The third-order valence-electron chi connectivity index (χ3n) is 2.22. The number of aromatic nitrogens is 5. The molecule has 0 aliphatic carbocycles. The average Bonchev–Trinajstić information content (AvgIpc) is 2.67. The summed E-state index contributed by atoms with van der Waals surface area (Å²) in [6.07, 6.45) is 2.75. The molecule has 2 aromatic rings. The molecule has 0 aliphatic heterocycles. The van der Waals surface area contributed by atoms with Crippen molar-refractivity contribution >= 4 is 21.9 Å². The lowest BCUT2D eigenvalue weighted by Gasteiger charge is -2.05. The van der Waals surface area contributed by atoms with Crippen molar-refractivity contribution in [1.82, 2.24) is 25.0 Å². The highest BCUT2D eigenvalue weighted by Crippen LogP contribution is 2.23. The van der Waals surface area contributed by atoms with Gasteiger partial charge in [0.15, 0.2) is 4.60 Å². The molecule has 0 bridgehead atoms. The van der Waals surface area contributed by atoms with Crippen molar-refractivity contribution in [1.29, 1.82) is 0 Å². The molecule has 90 valence electrons. The van der Waals surface area contributed by atoms with Gasteiger partial charge in [0.2, 0.25) is 5.95 Å². The monoisotopic (exact) mass is 296 g/mol. The number of nitrogens with zero attached hydrogens (tertiary/aromatic N) is 5. The van der Waals surface area contributed by atoms with Gasteiger partial charge < -0.3 is 5.32 Å². The van der Waals surface area contributed by atoms with E-state index in [2.05, 4.69) is 48.5 Å². The Labute approximate surface area is 108 Å². The highest BCUT2D eigenvalue weighted by molar-refractivity contribution is 9.10. The molecular formula is C10H13BrN6. The van der Waals surface area contributed by atoms with E-state index in [0.717, 1.165) is 24.4 Å². The van der Waals surface area contributed by atoms with Gasteiger partial charge in [-0.05, 0) is 28.4 Å². The molecule has 2 rings (SSSR count). The Balaban J connectivity index is 2.33. The Kier molecular flexibility index (Phi) is 3.68. The second-order valence-corrected chi connectivity index (χ2v) is 4.30. The Morgan fingerprint density at radius 1 is 1.47 bits per heavy atom. The summed E-state index contributed by atoms with van der Waals surface area (Å²) in [7, 11) is 1.83. The first-order valence-corrected chi connectivity index (χ1v) is 6.14. The quantitative estimate of drug-likeness (QED) is 0.933. The van der Waals surface area contributed by atoms with Gasteiger partial charge in [0.25, 0.3) is 0 Å². The lowest BCUT2D eigenvalue weighted by atomic mass is 10.3. The average molecular weight is 297 g/mol.